The van der Waals surface area contributed by atoms with Gasteiger partial charge in [-0.2, -0.15) is 13.2 Å². The molecule has 0 atom stereocenters. The lowest BCUT2D eigenvalue weighted by atomic mass is 10.2. The molecular formula is C8H8F3NO3. The van der Waals surface area contributed by atoms with Gasteiger partial charge in [0.15, 0.2) is 6.39 Å². The third kappa shape index (κ3) is 2.97. The zero-order valence-corrected chi connectivity index (χ0v) is 7.80. The zero-order chi connectivity index (χ0) is 11.5. The van der Waals surface area contributed by atoms with E-state index in [4.69, 9.17) is 0 Å². The lowest BCUT2D eigenvalue weighted by Gasteiger charge is -2.04. The Balaban J connectivity index is 2.78. The lowest BCUT2D eigenvalue weighted by Crippen LogP contribution is -2.13. The molecular weight excluding hydrogens is 215 g/mol. The number of nitrogens with zero attached hydrogens (tertiary/aromatic N) is 1. The first-order chi connectivity index (χ1) is 6.95. The average Bonchev–Trinajstić information content (AvgIpc) is 2.51. The summed E-state index contributed by atoms with van der Waals surface area (Å²) in [5.41, 5.74) is -0.457. The van der Waals surface area contributed by atoms with E-state index in [1.165, 1.54) is 0 Å². The van der Waals surface area contributed by atoms with Gasteiger partial charge in [0, 0.05) is 0 Å². The molecule has 84 valence electrons. The van der Waals surface area contributed by atoms with E-state index >= 15 is 0 Å². The molecule has 0 aliphatic rings. The fourth-order valence-corrected chi connectivity index (χ4v) is 0.974. The third-order valence-corrected chi connectivity index (χ3v) is 1.52. The monoisotopic (exact) mass is 223 g/mol. The van der Waals surface area contributed by atoms with Gasteiger partial charge in [-0.1, -0.05) is 0 Å². The molecule has 0 spiro atoms. The second-order valence-electron chi connectivity index (χ2n) is 2.61. The molecule has 0 aliphatic carbocycles. The van der Waals surface area contributed by atoms with Gasteiger partial charge < -0.3 is 9.15 Å². The van der Waals surface area contributed by atoms with Crippen LogP contribution < -0.4 is 0 Å². The van der Waals surface area contributed by atoms with Gasteiger partial charge >= 0.3 is 12.1 Å². The van der Waals surface area contributed by atoms with Crippen molar-refractivity contribution in [1.29, 1.82) is 0 Å². The van der Waals surface area contributed by atoms with Crippen molar-refractivity contribution in [3.8, 4) is 0 Å². The van der Waals surface area contributed by atoms with Crippen LogP contribution in [0.3, 0.4) is 0 Å². The first-order valence-corrected chi connectivity index (χ1v) is 4.10. The molecule has 0 amide bonds. The molecule has 1 aromatic rings. The Morgan fingerprint density at radius 3 is 2.80 bits per heavy atom. The average molecular weight is 223 g/mol. The van der Waals surface area contributed by atoms with Crippen LogP contribution in [0, 0.1) is 0 Å². The molecule has 0 bridgehead atoms. The molecule has 1 rings (SSSR count). The van der Waals surface area contributed by atoms with Crippen molar-refractivity contribution < 1.29 is 27.1 Å². The Morgan fingerprint density at radius 2 is 2.27 bits per heavy atom. The van der Waals surface area contributed by atoms with Crippen LogP contribution in [0.2, 0.25) is 0 Å². The van der Waals surface area contributed by atoms with Gasteiger partial charge in [-0.25, -0.2) is 4.98 Å². The molecule has 7 heteroatoms. The minimum atomic E-state index is -4.64. The molecule has 0 aliphatic heterocycles. The van der Waals surface area contributed by atoms with Gasteiger partial charge in [0.2, 0.25) is 5.76 Å². The number of alkyl halides is 3. The Morgan fingerprint density at radius 1 is 1.60 bits per heavy atom. The standard InChI is InChI=1S/C8H8F3NO3/c1-2-14-6(13)3-5-7(8(9,10)11)15-4-12-5/h4H,2-3H2,1H3. The Kier molecular flexibility index (Phi) is 3.33. The smallest absolute Gasteiger partial charge is 0.451 e. The first kappa shape index (κ1) is 11.5. The molecule has 0 N–H and O–H groups in total. The lowest BCUT2D eigenvalue weighted by molar-refractivity contribution is -0.154. The largest absolute Gasteiger partial charge is 0.466 e. The van der Waals surface area contributed by atoms with E-state index in [0.717, 1.165) is 0 Å². The van der Waals surface area contributed by atoms with Crippen molar-refractivity contribution >= 4 is 5.97 Å². The van der Waals surface area contributed by atoms with Crippen LogP contribution in [-0.4, -0.2) is 17.6 Å². The number of hydrogen-bond donors (Lipinski definition) is 0. The van der Waals surface area contributed by atoms with E-state index in [0.29, 0.717) is 6.39 Å². The fourth-order valence-electron chi connectivity index (χ4n) is 0.974. The first-order valence-electron chi connectivity index (χ1n) is 4.10. The fraction of sp³-hybridized carbons (Fsp3) is 0.500. The van der Waals surface area contributed by atoms with Crippen LogP contribution >= 0.6 is 0 Å². The Hall–Kier alpha value is -1.53. The molecule has 4 nitrogen and oxygen atoms in total. The molecule has 1 heterocycles. The van der Waals surface area contributed by atoms with Crippen molar-refractivity contribution in [2.24, 2.45) is 0 Å². The number of ether oxygens (including phenoxy) is 1. The molecule has 0 radical (unpaired) electrons. The predicted octanol–water partition coefficient (Wildman–Crippen LogP) is 1.80. The molecule has 0 saturated carbocycles. The summed E-state index contributed by atoms with van der Waals surface area (Å²) in [5, 5.41) is 0. The van der Waals surface area contributed by atoms with Crippen LogP contribution in [0.5, 0.6) is 0 Å². The van der Waals surface area contributed by atoms with Crippen LogP contribution in [0.25, 0.3) is 0 Å². The second-order valence-corrected chi connectivity index (χ2v) is 2.61. The highest BCUT2D eigenvalue weighted by Gasteiger charge is 2.38. The maximum Gasteiger partial charge on any atom is 0.451 e. The van der Waals surface area contributed by atoms with Gasteiger partial charge in [-0.3, -0.25) is 4.79 Å². The van der Waals surface area contributed by atoms with E-state index in [9.17, 15) is 18.0 Å². The highest BCUT2D eigenvalue weighted by molar-refractivity contribution is 5.72. The SMILES string of the molecule is CCOC(=O)Cc1ncoc1C(F)(F)F. The minimum absolute atomic E-state index is 0.109. The topological polar surface area (TPSA) is 52.3 Å². The van der Waals surface area contributed by atoms with Crippen LogP contribution in [0.4, 0.5) is 13.2 Å². The summed E-state index contributed by atoms with van der Waals surface area (Å²) in [7, 11) is 0. The van der Waals surface area contributed by atoms with E-state index in [1.807, 2.05) is 0 Å². The number of halogens is 3. The molecule has 0 unspecified atom stereocenters. The quantitative estimate of drug-likeness (QED) is 0.733. The van der Waals surface area contributed by atoms with Gasteiger partial charge in [0.25, 0.3) is 0 Å². The zero-order valence-electron chi connectivity index (χ0n) is 7.80. The normalized spacial score (nSPS) is 11.5. The molecule has 0 aromatic carbocycles. The summed E-state index contributed by atoms with van der Waals surface area (Å²) in [6.07, 6.45) is -4.53. The van der Waals surface area contributed by atoms with Crippen LogP contribution in [0.15, 0.2) is 10.8 Å². The summed E-state index contributed by atoms with van der Waals surface area (Å²) >= 11 is 0. The Bertz CT molecular complexity index is 345. The number of oxazole rings is 1. The van der Waals surface area contributed by atoms with Gasteiger partial charge in [-0.05, 0) is 6.92 Å². The third-order valence-electron chi connectivity index (χ3n) is 1.52. The summed E-state index contributed by atoms with van der Waals surface area (Å²) in [4.78, 5) is 14.2. The Labute approximate surface area is 83.0 Å². The van der Waals surface area contributed by atoms with Crippen molar-refractivity contribution in [2.75, 3.05) is 6.61 Å². The highest BCUT2D eigenvalue weighted by atomic mass is 19.4. The van der Waals surface area contributed by atoms with Gasteiger partial charge in [-0.15, -0.1) is 0 Å². The van der Waals surface area contributed by atoms with Gasteiger partial charge in [0.05, 0.1) is 13.0 Å². The van der Waals surface area contributed by atoms with Crippen molar-refractivity contribution in [1.82, 2.24) is 4.98 Å². The number of esters is 1. The highest BCUT2D eigenvalue weighted by Crippen LogP contribution is 2.31. The summed E-state index contributed by atoms with van der Waals surface area (Å²) in [5.74, 6) is -2.02. The summed E-state index contributed by atoms with van der Waals surface area (Å²) in [6.45, 7) is 1.67. The number of hydrogen-bond acceptors (Lipinski definition) is 4. The van der Waals surface area contributed by atoms with Crippen molar-refractivity contribution in [3.05, 3.63) is 17.8 Å². The number of carbonyl (C=O) groups excluding carboxylic acids is 1. The van der Waals surface area contributed by atoms with Crippen LogP contribution in [-0.2, 0) is 22.1 Å². The molecule has 1 aromatic heterocycles. The maximum absolute atomic E-state index is 12.2. The summed E-state index contributed by atoms with van der Waals surface area (Å²) in [6, 6.07) is 0. The molecule has 0 saturated heterocycles. The summed E-state index contributed by atoms with van der Waals surface area (Å²) < 4.78 is 45.4. The molecule has 0 fully saturated rings. The number of carbonyl (C=O) groups is 1. The van der Waals surface area contributed by atoms with E-state index in [1.54, 1.807) is 6.92 Å². The predicted molar refractivity (Wildman–Crippen MR) is 41.8 cm³/mol. The van der Waals surface area contributed by atoms with Gasteiger partial charge in [0.1, 0.15) is 5.69 Å². The number of aromatic nitrogens is 1. The molecule has 15 heavy (non-hydrogen) atoms. The minimum Gasteiger partial charge on any atom is -0.466 e. The number of rotatable bonds is 3. The maximum atomic E-state index is 12.2. The van der Waals surface area contributed by atoms with Crippen LogP contribution in [0.1, 0.15) is 18.4 Å². The second kappa shape index (κ2) is 4.33. The van der Waals surface area contributed by atoms with E-state index in [2.05, 4.69) is 14.1 Å². The van der Waals surface area contributed by atoms with E-state index < -0.39 is 30.0 Å². The van der Waals surface area contributed by atoms with E-state index in [-0.39, 0.29) is 6.61 Å². The van der Waals surface area contributed by atoms with Crippen molar-refractivity contribution in [3.63, 3.8) is 0 Å². The van der Waals surface area contributed by atoms with Crippen molar-refractivity contribution in [2.45, 2.75) is 19.5 Å².